The maximum Gasteiger partial charge on any atom is 0.378 e. The number of aromatic nitrogens is 4. The van der Waals surface area contributed by atoms with Crippen LogP contribution in [-0.4, -0.2) is 37.9 Å². The van der Waals surface area contributed by atoms with Crippen LogP contribution in [0, 0.1) is 0 Å². The molecule has 0 fully saturated rings. The molecule has 1 aromatic heterocycles. The van der Waals surface area contributed by atoms with Gasteiger partial charge in [0.05, 0.1) is 13.2 Å². The van der Waals surface area contributed by atoms with Crippen molar-refractivity contribution in [2.24, 2.45) is 0 Å². The van der Waals surface area contributed by atoms with Crippen molar-refractivity contribution >= 4 is 5.97 Å². The van der Waals surface area contributed by atoms with Gasteiger partial charge in [-0.2, -0.15) is 0 Å². The number of carbonyl (C=O) groups is 1. The van der Waals surface area contributed by atoms with E-state index in [9.17, 15) is 9.90 Å². The lowest BCUT2D eigenvalue weighted by atomic mass is 10.2. The lowest BCUT2D eigenvalue weighted by Crippen LogP contribution is -2.15. The summed E-state index contributed by atoms with van der Waals surface area (Å²) in [6.07, 6.45) is 0. The van der Waals surface area contributed by atoms with Crippen LogP contribution in [-0.2, 0) is 11.3 Å². The molecular weight excluding hydrogens is 236 g/mol. The number of carbonyl (C=O) groups excluding carboxylic acids is 1. The maximum atomic E-state index is 11.5. The van der Waals surface area contributed by atoms with Crippen molar-refractivity contribution in [1.29, 1.82) is 0 Å². The molecule has 1 heterocycles. The van der Waals surface area contributed by atoms with Gasteiger partial charge in [0.25, 0.3) is 5.82 Å². The molecule has 0 aliphatic carbocycles. The number of benzene rings is 1. The second-order valence-corrected chi connectivity index (χ2v) is 3.55. The van der Waals surface area contributed by atoms with Crippen LogP contribution in [0.1, 0.15) is 23.1 Å². The Morgan fingerprint density at radius 3 is 3.06 bits per heavy atom. The molecule has 94 valence electrons. The standard InChI is InChI=1S/C11H12N4O3/c1-2-18-11(17)10-12-13-14-15(10)7-8-4-3-5-9(16)6-8/h3-6,16H,2,7H2,1H3. The molecule has 0 saturated heterocycles. The second kappa shape index (κ2) is 5.26. The van der Waals surface area contributed by atoms with Crippen molar-refractivity contribution in [3.05, 3.63) is 35.7 Å². The molecule has 7 heteroatoms. The van der Waals surface area contributed by atoms with Crippen molar-refractivity contribution < 1.29 is 14.6 Å². The number of rotatable bonds is 4. The molecule has 1 N–H and O–H groups in total. The van der Waals surface area contributed by atoms with Gasteiger partial charge < -0.3 is 9.84 Å². The van der Waals surface area contributed by atoms with Gasteiger partial charge in [-0.15, -0.1) is 5.10 Å². The molecule has 7 nitrogen and oxygen atoms in total. The smallest absolute Gasteiger partial charge is 0.378 e. The van der Waals surface area contributed by atoms with E-state index in [0.717, 1.165) is 5.56 Å². The highest BCUT2D eigenvalue weighted by Crippen LogP contribution is 2.12. The van der Waals surface area contributed by atoms with Crippen molar-refractivity contribution in [3.63, 3.8) is 0 Å². The van der Waals surface area contributed by atoms with Crippen LogP contribution in [0.5, 0.6) is 5.75 Å². The molecule has 0 amide bonds. The van der Waals surface area contributed by atoms with Crippen LogP contribution >= 0.6 is 0 Å². The minimum Gasteiger partial charge on any atom is -0.508 e. The van der Waals surface area contributed by atoms with Gasteiger partial charge in [-0.25, -0.2) is 9.48 Å². The number of aromatic hydroxyl groups is 1. The number of phenolic OH excluding ortho intramolecular Hbond substituents is 1. The minimum absolute atomic E-state index is 0.0418. The summed E-state index contributed by atoms with van der Waals surface area (Å²) in [5.41, 5.74) is 0.785. The van der Waals surface area contributed by atoms with Gasteiger partial charge in [0, 0.05) is 0 Å². The third-order valence-corrected chi connectivity index (χ3v) is 2.23. The van der Waals surface area contributed by atoms with Crippen molar-refractivity contribution in [2.45, 2.75) is 13.5 Å². The Morgan fingerprint density at radius 2 is 2.33 bits per heavy atom. The van der Waals surface area contributed by atoms with Gasteiger partial charge >= 0.3 is 5.97 Å². The number of esters is 1. The van der Waals surface area contributed by atoms with Crippen molar-refractivity contribution in [3.8, 4) is 5.75 Å². The average Bonchev–Trinajstić information content (AvgIpc) is 2.77. The first-order valence-electron chi connectivity index (χ1n) is 5.42. The molecule has 0 aliphatic heterocycles. The Bertz CT molecular complexity index is 553. The maximum absolute atomic E-state index is 11.5. The average molecular weight is 248 g/mol. The molecule has 0 unspecified atom stereocenters. The van der Waals surface area contributed by atoms with Gasteiger partial charge in [-0.1, -0.05) is 12.1 Å². The highest BCUT2D eigenvalue weighted by Gasteiger charge is 2.16. The number of hydrogen-bond acceptors (Lipinski definition) is 6. The van der Waals surface area contributed by atoms with Gasteiger partial charge in [-0.05, 0) is 35.0 Å². The molecule has 0 bridgehead atoms. The van der Waals surface area contributed by atoms with Crippen LogP contribution in [0.3, 0.4) is 0 Å². The third kappa shape index (κ3) is 2.62. The van der Waals surface area contributed by atoms with E-state index in [2.05, 4.69) is 15.5 Å². The third-order valence-electron chi connectivity index (χ3n) is 2.23. The molecular formula is C11H12N4O3. The van der Waals surface area contributed by atoms with E-state index in [1.54, 1.807) is 31.2 Å². The molecule has 0 aliphatic rings. The molecule has 0 radical (unpaired) electrons. The molecule has 0 saturated carbocycles. The van der Waals surface area contributed by atoms with E-state index in [-0.39, 0.29) is 24.7 Å². The quantitative estimate of drug-likeness (QED) is 0.797. The van der Waals surface area contributed by atoms with E-state index >= 15 is 0 Å². The largest absolute Gasteiger partial charge is 0.508 e. The lowest BCUT2D eigenvalue weighted by molar-refractivity contribution is 0.0505. The summed E-state index contributed by atoms with van der Waals surface area (Å²) in [6.45, 7) is 2.26. The fourth-order valence-electron chi connectivity index (χ4n) is 1.48. The molecule has 2 rings (SSSR count). The highest BCUT2D eigenvalue weighted by atomic mass is 16.5. The Kier molecular flexibility index (Phi) is 3.52. The normalized spacial score (nSPS) is 10.3. The monoisotopic (exact) mass is 248 g/mol. The minimum atomic E-state index is -0.567. The van der Waals surface area contributed by atoms with Crippen molar-refractivity contribution in [1.82, 2.24) is 20.2 Å². The van der Waals surface area contributed by atoms with Gasteiger partial charge in [0.2, 0.25) is 0 Å². The summed E-state index contributed by atoms with van der Waals surface area (Å²) < 4.78 is 6.16. The van der Waals surface area contributed by atoms with Crippen LogP contribution in [0.25, 0.3) is 0 Å². The predicted octanol–water partition coefficient (Wildman–Crippen LogP) is 0.604. The van der Waals surface area contributed by atoms with Gasteiger partial charge in [-0.3, -0.25) is 0 Å². The first-order valence-corrected chi connectivity index (χ1v) is 5.42. The summed E-state index contributed by atoms with van der Waals surface area (Å²) in [5.74, 6) is -0.374. The summed E-state index contributed by atoms with van der Waals surface area (Å²) in [6, 6.07) is 6.65. The highest BCUT2D eigenvalue weighted by molar-refractivity contribution is 5.85. The van der Waals surface area contributed by atoms with E-state index < -0.39 is 5.97 Å². The van der Waals surface area contributed by atoms with Gasteiger partial charge in [0.15, 0.2) is 0 Å². The first kappa shape index (κ1) is 12.0. The molecule has 2 aromatic rings. The number of tetrazole rings is 1. The molecule has 0 atom stereocenters. The summed E-state index contributed by atoms with van der Waals surface area (Å²) >= 11 is 0. The van der Waals surface area contributed by atoms with Crippen LogP contribution in [0.15, 0.2) is 24.3 Å². The fraction of sp³-hybridized carbons (Fsp3) is 0.273. The Balaban J connectivity index is 2.20. The summed E-state index contributed by atoms with van der Waals surface area (Å²) in [7, 11) is 0. The van der Waals surface area contributed by atoms with E-state index in [1.165, 1.54) is 4.68 Å². The molecule has 18 heavy (non-hydrogen) atoms. The Labute approximate surface area is 103 Å². The van der Waals surface area contributed by atoms with Crippen LogP contribution in [0.4, 0.5) is 0 Å². The zero-order valence-corrected chi connectivity index (χ0v) is 9.78. The SMILES string of the molecule is CCOC(=O)c1nnnn1Cc1cccc(O)c1. The first-order chi connectivity index (χ1) is 8.70. The number of nitrogens with zero attached hydrogens (tertiary/aromatic N) is 4. The van der Waals surface area contributed by atoms with Crippen LogP contribution < -0.4 is 0 Å². The summed E-state index contributed by atoms with van der Waals surface area (Å²) in [5, 5.41) is 20.1. The fourth-order valence-corrected chi connectivity index (χ4v) is 1.48. The Morgan fingerprint density at radius 1 is 1.50 bits per heavy atom. The number of hydrogen-bond donors (Lipinski definition) is 1. The molecule has 1 aromatic carbocycles. The lowest BCUT2D eigenvalue weighted by Gasteiger charge is -2.04. The number of ether oxygens (including phenoxy) is 1. The predicted molar refractivity (Wildman–Crippen MR) is 61.0 cm³/mol. The Hall–Kier alpha value is -2.44. The summed E-state index contributed by atoms with van der Waals surface area (Å²) in [4.78, 5) is 11.5. The van der Waals surface area contributed by atoms with Crippen molar-refractivity contribution in [2.75, 3.05) is 6.61 Å². The zero-order valence-electron chi connectivity index (χ0n) is 9.78. The van der Waals surface area contributed by atoms with Crippen LogP contribution in [0.2, 0.25) is 0 Å². The van der Waals surface area contributed by atoms with Gasteiger partial charge in [0.1, 0.15) is 5.75 Å². The van der Waals surface area contributed by atoms with E-state index in [1.807, 2.05) is 0 Å². The number of phenols is 1. The van der Waals surface area contributed by atoms with E-state index in [4.69, 9.17) is 4.74 Å². The second-order valence-electron chi connectivity index (χ2n) is 3.55. The zero-order chi connectivity index (χ0) is 13.0. The molecule has 0 spiro atoms. The van der Waals surface area contributed by atoms with E-state index in [0.29, 0.717) is 0 Å². The topological polar surface area (TPSA) is 90.1 Å².